The molecule has 0 bridgehead atoms. The Hall–Kier alpha value is -2.12. The van der Waals surface area contributed by atoms with E-state index in [1.165, 1.54) is 26.4 Å². The van der Waals surface area contributed by atoms with E-state index in [-0.39, 0.29) is 38.7 Å². The van der Waals surface area contributed by atoms with Crippen LogP contribution in [0.25, 0.3) is 11.4 Å². The lowest BCUT2D eigenvalue weighted by Gasteiger charge is -2.13. The number of carbonyl (C=O) groups excluding carboxylic acids is 1. The summed E-state index contributed by atoms with van der Waals surface area (Å²) in [4.78, 5) is 20.4. The average Bonchev–Trinajstić information content (AvgIpc) is 3.53. The fraction of sp³-hybridized carbons (Fsp3) is 0.421. The van der Waals surface area contributed by atoms with Crippen molar-refractivity contribution in [2.45, 2.75) is 26.7 Å². The van der Waals surface area contributed by atoms with Gasteiger partial charge in [-0.2, -0.15) is 0 Å². The summed E-state index contributed by atoms with van der Waals surface area (Å²) in [6.45, 7) is 4.66. The van der Waals surface area contributed by atoms with Gasteiger partial charge in [-0.25, -0.2) is 19.2 Å². The number of aromatic nitrogens is 2. The molecular weight excluding hydrogens is 408 g/mol. The van der Waals surface area contributed by atoms with Crippen molar-refractivity contribution >= 4 is 35.0 Å². The molecule has 6 nitrogen and oxygen atoms in total. The van der Waals surface area contributed by atoms with Crippen LogP contribution in [-0.2, 0) is 4.74 Å². The van der Waals surface area contributed by atoms with E-state index in [1.54, 1.807) is 0 Å². The van der Waals surface area contributed by atoms with Gasteiger partial charge in [0.1, 0.15) is 10.8 Å². The SMILES string of the molecule is CC.COC(=O)c1nc(-c2ccc(Cl)c(OC)c2F)nc(NCC2CC2)c1Cl. The Balaban J connectivity index is 0.00000136. The number of benzene rings is 1. The average molecular weight is 430 g/mol. The third-order valence-corrected chi connectivity index (χ3v) is 4.63. The summed E-state index contributed by atoms with van der Waals surface area (Å²) < 4.78 is 24.4. The summed E-state index contributed by atoms with van der Waals surface area (Å²) in [5, 5.41) is 3.24. The van der Waals surface area contributed by atoms with Crippen LogP contribution in [0.4, 0.5) is 10.2 Å². The Bertz CT molecular complexity index is 861. The number of methoxy groups -OCH3 is 2. The van der Waals surface area contributed by atoms with Crippen molar-refractivity contribution in [3.63, 3.8) is 0 Å². The van der Waals surface area contributed by atoms with Gasteiger partial charge in [0, 0.05) is 6.54 Å². The fourth-order valence-corrected chi connectivity index (χ4v) is 2.82. The largest absolute Gasteiger partial charge is 0.492 e. The molecule has 1 N–H and O–H groups in total. The van der Waals surface area contributed by atoms with Crippen molar-refractivity contribution in [2.24, 2.45) is 5.92 Å². The molecule has 1 heterocycles. The number of hydrogen-bond donors (Lipinski definition) is 1. The van der Waals surface area contributed by atoms with Crippen LogP contribution in [0, 0.1) is 11.7 Å². The standard InChI is InChI=1S/C17H16Cl2FN3O3.C2H6/c1-25-14-10(18)6-5-9(12(14)20)15-22-13(17(24)26-2)11(19)16(23-15)21-7-8-3-4-8;1-2/h5-6,8H,3-4,7H2,1-2H3,(H,21,22,23);1-2H3. The highest BCUT2D eigenvalue weighted by molar-refractivity contribution is 6.35. The van der Waals surface area contributed by atoms with E-state index in [4.69, 9.17) is 32.7 Å². The third kappa shape index (κ3) is 4.83. The minimum Gasteiger partial charge on any atom is -0.492 e. The number of carbonyl (C=O) groups is 1. The zero-order chi connectivity index (χ0) is 20.8. The van der Waals surface area contributed by atoms with Gasteiger partial charge in [0.05, 0.1) is 24.8 Å². The van der Waals surface area contributed by atoms with Gasteiger partial charge in [-0.1, -0.05) is 37.0 Å². The molecule has 1 aromatic heterocycles. The predicted molar refractivity (Wildman–Crippen MR) is 108 cm³/mol. The quantitative estimate of drug-likeness (QED) is 0.633. The summed E-state index contributed by atoms with van der Waals surface area (Å²) in [5.74, 6) is -0.841. The molecule has 1 aliphatic rings. The summed E-state index contributed by atoms with van der Waals surface area (Å²) >= 11 is 12.2. The van der Waals surface area contributed by atoms with E-state index in [0.29, 0.717) is 12.5 Å². The molecule has 0 atom stereocenters. The van der Waals surface area contributed by atoms with Crippen LogP contribution >= 0.6 is 23.2 Å². The smallest absolute Gasteiger partial charge is 0.358 e. The first-order valence-electron chi connectivity index (χ1n) is 8.88. The molecule has 0 unspecified atom stereocenters. The molecule has 152 valence electrons. The number of halogens is 3. The Morgan fingerprint density at radius 2 is 1.93 bits per heavy atom. The first-order chi connectivity index (χ1) is 13.5. The second-order valence-corrected chi connectivity index (χ2v) is 6.60. The highest BCUT2D eigenvalue weighted by atomic mass is 35.5. The van der Waals surface area contributed by atoms with Crippen LogP contribution in [0.15, 0.2) is 12.1 Å². The Kier molecular flexibility index (Phi) is 7.83. The van der Waals surface area contributed by atoms with Crippen molar-refractivity contribution < 1.29 is 18.7 Å². The molecule has 0 spiro atoms. The van der Waals surface area contributed by atoms with Gasteiger partial charge in [0.25, 0.3) is 0 Å². The number of nitrogens with zero attached hydrogens (tertiary/aromatic N) is 2. The van der Waals surface area contributed by atoms with Crippen LogP contribution < -0.4 is 10.1 Å². The van der Waals surface area contributed by atoms with Crippen molar-refractivity contribution in [3.05, 3.63) is 33.7 Å². The normalized spacial score (nSPS) is 12.7. The summed E-state index contributed by atoms with van der Waals surface area (Å²) in [7, 11) is 2.52. The molecule has 1 aromatic carbocycles. The fourth-order valence-electron chi connectivity index (χ4n) is 2.37. The lowest BCUT2D eigenvalue weighted by Crippen LogP contribution is -2.13. The summed E-state index contributed by atoms with van der Waals surface area (Å²) in [6, 6.07) is 2.88. The minimum atomic E-state index is -0.741. The lowest BCUT2D eigenvalue weighted by molar-refractivity contribution is 0.0594. The van der Waals surface area contributed by atoms with Gasteiger partial charge < -0.3 is 14.8 Å². The third-order valence-electron chi connectivity index (χ3n) is 3.98. The van der Waals surface area contributed by atoms with E-state index < -0.39 is 11.8 Å². The van der Waals surface area contributed by atoms with Gasteiger partial charge in [0.2, 0.25) is 0 Å². The molecule has 1 fully saturated rings. The molecule has 0 saturated heterocycles. The second-order valence-electron chi connectivity index (χ2n) is 5.82. The van der Waals surface area contributed by atoms with Crippen molar-refractivity contribution in [1.82, 2.24) is 9.97 Å². The van der Waals surface area contributed by atoms with E-state index in [0.717, 1.165) is 12.8 Å². The van der Waals surface area contributed by atoms with Crippen LogP contribution in [-0.4, -0.2) is 36.7 Å². The first kappa shape index (κ1) is 22.2. The number of nitrogens with one attached hydrogen (secondary N) is 1. The molecule has 3 rings (SSSR count). The maximum atomic E-state index is 14.7. The molecule has 9 heteroatoms. The van der Waals surface area contributed by atoms with E-state index >= 15 is 0 Å². The van der Waals surface area contributed by atoms with Crippen LogP contribution in [0.3, 0.4) is 0 Å². The van der Waals surface area contributed by atoms with Crippen LogP contribution in [0.1, 0.15) is 37.2 Å². The molecule has 0 radical (unpaired) electrons. The number of ether oxygens (including phenoxy) is 2. The van der Waals surface area contributed by atoms with E-state index in [9.17, 15) is 9.18 Å². The monoisotopic (exact) mass is 429 g/mol. The minimum absolute atomic E-state index is 0.0273. The van der Waals surface area contributed by atoms with Crippen molar-refractivity contribution in [1.29, 1.82) is 0 Å². The Labute approximate surface area is 173 Å². The van der Waals surface area contributed by atoms with Gasteiger partial charge >= 0.3 is 5.97 Å². The maximum Gasteiger partial charge on any atom is 0.358 e. The van der Waals surface area contributed by atoms with E-state index in [1.807, 2.05) is 13.8 Å². The zero-order valence-corrected chi connectivity index (χ0v) is 17.6. The number of anilines is 1. The summed E-state index contributed by atoms with van der Waals surface area (Å²) in [6.07, 6.45) is 2.24. The number of hydrogen-bond acceptors (Lipinski definition) is 6. The summed E-state index contributed by atoms with van der Waals surface area (Å²) in [5.41, 5.74) is -0.117. The molecule has 1 aliphatic carbocycles. The van der Waals surface area contributed by atoms with Gasteiger partial charge in [-0.15, -0.1) is 0 Å². The molecule has 0 aliphatic heterocycles. The molecule has 2 aromatic rings. The van der Waals surface area contributed by atoms with Crippen molar-refractivity contribution in [3.8, 4) is 17.1 Å². The lowest BCUT2D eigenvalue weighted by atomic mass is 10.1. The number of rotatable bonds is 6. The van der Waals surface area contributed by atoms with Gasteiger partial charge in [0.15, 0.2) is 23.1 Å². The molecule has 28 heavy (non-hydrogen) atoms. The highest BCUT2D eigenvalue weighted by Crippen LogP contribution is 2.36. The topological polar surface area (TPSA) is 73.3 Å². The zero-order valence-electron chi connectivity index (χ0n) is 16.1. The van der Waals surface area contributed by atoms with Gasteiger partial charge in [-0.05, 0) is 30.9 Å². The van der Waals surface area contributed by atoms with Crippen molar-refractivity contribution in [2.75, 3.05) is 26.1 Å². The second kappa shape index (κ2) is 9.89. The molecular formula is C19H22Cl2FN3O3. The van der Waals surface area contributed by atoms with E-state index in [2.05, 4.69) is 15.3 Å². The highest BCUT2D eigenvalue weighted by Gasteiger charge is 2.25. The maximum absolute atomic E-state index is 14.7. The van der Waals surface area contributed by atoms with Gasteiger partial charge in [-0.3, -0.25) is 0 Å². The Morgan fingerprint density at radius 1 is 1.25 bits per heavy atom. The van der Waals surface area contributed by atoms with Crippen LogP contribution in [0.2, 0.25) is 10.0 Å². The predicted octanol–water partition coefficient (Wildman–Crippen LogP) is 5.23. The molecule has 0 amide bonds. The Morgan fingerprint density at radius 3 is 2.50 bits per heavy atom. The van der Waals surface area contributed by atoms with Crippen LogP contribution in [0.5, 0.6) is 5.75 Å². The number of esters is 1. The first-order valence-corrected chi connectivity index (χ1v) is 9.64. The molecule has 1 saturated carbocycles.